The minimum absolute atomic E-state index is 0.199. The lowest BCUT2D eigenvalue weighted by molar-refractivity contribution is -0.137. The molecular formula is C11H20O3. The molecule has 1 unspecified atom stereocenters. The summed E-state index contributed by atoms with van der Waals surface area (Å²) >= 11 is 0. The molecule has 1 fully saturated rings. The average Bonchev–Trinajstić information content (AvgIpc) is 2.84. The van der Waals surface area contributed by atoms with Gasteiger partial charge in [0.2, 0.25) is 0 Å². The summed E-state index contributed by atoms with van der Waals surface area (Å²) in [4.78, 5) is 10.3. The van der Waals surface area contributed by atoms with Crippen molar-refractivity contribution in [3.63, 3.8) is 0 Å². The molecule has 2 atom stereocenters. The quantitative estimate of drug-likeness (QED) is 0.686. The number of carboxylic acid groups (broad SMARTS) is 1. The Labute approximate surface area is 85.5 Å². The van der Waals surface area contributed by atoms with Crippen molar-refractivity contribution in [3.05, 3.63) is 0 Å². The first kappa shape index (κ1) is 11.5. The normalized spacial score (nSPS) is 20.4. The summed E-state index contributed by atoms with van der Waals surface area (Å²) in [7, 11) is 0. The van der Waals surface area contributed by atoms with Crippen molar-refractivity contribution in [2.45, 2.75) is 58.2 Å². The van der Waals surface area contributed by atoms with Crippen molar-refractivity contribution < 1.29 is 14.6 Å². The van der Waals surface area contributed by atoms with Crippen molar-refractivity contribution >= 4 is 5.97 Å². The van der Waals surface area contributed by atoms with Gasteiger partial charge in [0.05, 0.1) is 12.2 Å². The van der Waals surface area contributed by atoms with Gasteiger partial charge in [0, 0.05) is 6.42 Å². The third-order valence-electron chi connectivity index (χ3n) is 2.73. The molecular weight excluding hydrogens is 180 g/mol. The lowest BCUT2D eigenvalue weighted by Crippen LogP contribution is -2.18. The molecule has 0 aromatic carbocycles. The second-order valence-corrected chi connectivity index (χ2v) is 4.28. The number of carbonyl (C=O) groups is 1. The van der Waals surface area contributed by atoms with E-state index in [1.165, 1.54) is 12.8 Å². The maximum atomic E-state index is 10.3. The van der Waals surface area contributed by atoms with Crippen LogP contribution in [0.5, 0.6) is 0 Å². The van der Waals surface area contributed by atoms with Crippen molar-refractivity contribution in [1.29, 1.82) is 0 Å². The Balaban J connectivity index is 2.02. The van der Waals surface area contributed by atoms with E-state index < -0.39 is 5.97 Å². The number of aliphatic carboxylic acids is 1. The van der Waals surface area contributed by atoms with E-state index in [4.69, 9.17) is 9.84 Å². The second kappa shape index (κ2) is 5.35. The van der Waals surface area contributed by atoms with Gasteiger partial charge in [-0.05, 0) is 45.4 Å². The molecule has 0 aromatic heterocycles. The Hall–Kier alpha value is -0.570. The summed E-state index contributed by atoms with van der Waals surface area (Å²) in [6, 6.07) is 0. The van der Waals surface area contributed by atoms with Crippen molar-refractivity contribution in [3.8, 4) is 0 Å². The Kier molecular flexibility index (Phi) is 4.39. The molecule has 0 aromatic rings. The number of rotatable bonds is 7. The van der Waals surface area contributed by atoms with Crippen LogP contribution in [0.15, 0.2) is 0 Å². The van der Waals surface area contributed by atoms with Gasteiger partial charge >= 0.3 is 5.97 Å². The third-order valence-corrected chi connectivity index (χ3v) is 2.73. The lowest BCUT2D eigenvalue weighted by atomic mass is 10.1. The zero-order valence-electron chi connectivity index (χ0n) is 9.03. The number of hydrogen-bond donors (Lipinski definition) is 1. The maximum absolute atomic E-state index is 10.3. The second-order valence-electron chi connectivity index (χ2n) is 4.28. The molecule has 0 bridgehead atoms. The van der Waals surface area contributed by atoms with E-state index in [1.807, 2.05) is 6.92 Å². The Morgan fingerprint density at radius 3 is 2.64 bits per heavy atom. The van der Waals surface area contributed by atoms with E-state index in [0.29, 0.717) is 12.5 Å². The topological polar surface area (TPSA) is 46.5 Å². The van der Waals surface area contributed by atoms with Crippen LogP contribution < -0.4 is 0 Å². The summed E-state index contributed by atoms with van der Waals surface area (Å²) in [6.07, 6.45) is 4.97. The van der Waals surface area contributed by atoms with Crippen molar-refractivity contribution in [1.82, 2.24) is 0 Å². The molecule has 0 heterocycles. The molecule has 1 aliphatic carbocycles. The summed E-state index contributed by atoms with van der Waals surface area (Å²) in [5.41, 5.74) is 0. The third kappa shape index (κ3) is 4.61. The van der Waals surface area contributed by atoms with E-state index in [-0.39, 0.29) is 12.5 Å². The van der Waals surface area contributed by atoms with Crippen LogP contribution in [0.25, 0.3) is 0 Å². The Bertz CT molecular complexity index is 187. The van der Waals surface area contributed by atoms with Gasteiger partial charge in [0.15, 0.2) is 0 Å². The van der Waals surface area contributed by atoms with Crippen LogP contribution in [0.4, 0.5) is 0 Å². The number of carboxylic acids is 1. The zero-order valence-corrected chi connectivity index (χ0v) is 9.03. The molecule has 0 spiro atoms. The Morgan fingerprint density at radius 2 is 2.14 bits per heavy atom. The van der Waals surface area contributed by atoms with Crippen molar-refractivity contribution in [2.75, 3.05) is 0 Å². The highest BCUT2D eigenvalue weighted by atomic mass is 16.5. The highest BCUT2D eigenvalue weighted by molar-refractivity contribution is 5.66. The fraction of sp³-hybridized carbons (Fsp3) is 0.909. The van der Waals surface area contributed by atoms with E-state index >= 15 is 0 Å². The van der Waals surface area contributed by atoms with E-state index in [1.54, 1.807) is 0 Å². The predicted octanol–water partition coefficient (Wildman–Crippen LogP) is 2.44. The summed E-state index contributed by atoms with van der Waals surface area (Å²) in [6.45, 7) is 4.14. The van der Waals surface area contributed by atoms with E-state index in [0.717, 1.165) is 12.3 Å². The van der Waals surface area contributed by atoms with Gasteiger partial charge in [-0.25, -0.2) is 0 Å². The fourth-order valence-corrected chi connectivity index (χ4v) is 1.65. The summed E-state index contributed by atoms with van der Waals surface area (Å²) in [5.74, 6) is 0.0457. The first-order valence-corrected chi connectivity index (χ1v) is 5.47. The van der Waals surface area contributed by atoms with Crippen LogP contribution in [-0.4, -0.2) is 23.3 Å². The first-order valence-electron chi connectivity index (χ1n) is 5.47. The van der Waals surface area contributed by atoms with Crippen LogP contribution in [0.1, 0.15) is 46.0 Å². The Morgan fingerprint density at radius 1 is 1.50 bits per heavy atom. The lowest BCUT2D eigenvalue weighted by Gasteiger charge is -2.18. The van der Waals surface area contributed by atoms with Gasteiger partial charge in [-0.2, -0.15) is 0 Å². The van der Waals surface area contributed by atoms with Gasteiger partial charge in [-0.1, -0.05) is 0 Å². The zero-order chi connectivity index (χ0) is 10.6. The molecule has 1 saturated carbocycles. The molecule has 3 heteroatoms. The van der Waals surface area contributed by atoms with Crippen LogP contribution in [0, 0.1) is 5.92 Å². The number of hydrogen-bond acceptors (Lipinski definition) is 2. The number of ether oxygens (including phenoxy) is 1. The highest BCUT2D eigenvalue weighted by Gasteiger charge is 2.29. The van der Waals surface area contributed by atoms with Crippen LogP contribution in [0.3, 0.4) is 0 Å². The van der Waals surface area contributed by atoms with Crippen LogP contribution in [-0.2, 0) is 9.53 Å². The largest absolute Gasteiger partial charge is 0.481 e. The minimum atomic E-state index is -0.715. The molecule has 0 saturated heterocycles. The smallest absolute Gasteiger partial charge is 0.303 e. The van der Waals surface area contributed by atoms with E-state index in [2.05, 4.69) is 6.92 Å². The molecule has 0 amide bonds. The van der Waals surface area contributed by atoms with Crippen molar-refractivity contribution in [2.24, 2.45) is 5.92 Å². The van der Waals surface area contributed by atoms with Gasteiger partial charge in [-0.3, -0.25) is 4.79 Å². The monoisotopic (exact) mass is 200 g/mol. The van der Waals surface area contributed by atoms with Gasteiger partial charge in [-0.15, -0.1) is 0 Å². The SMILES string of the molecule is CC(O[C@H](C)CCCC(=O)O)C1CC1. The molecule has 0 radical (unpaired) electrons. The van der Waals surface area contributed by atoms with Gasteiger partial charge in [0.25, 0.3) is 0 Å². The highest BCUT2D eigenvalue weighted by Crippen LogP contribution is 2.34. The average molecular weight is 200 g/mol. The van der Waals surface area contributed by atoms with Gasteiger partial charge in [0.1, 0.15) is 0 Å². The molecule has 82 valence electrons. The molecule has 1 N–H and O–H groups in total. The van der Waals surface area contributed by atoms with Crippen LogP contribution >= 0.6 is 0 Å². The van der Waals surface area contributed by atoms with E-state index in [9.17, 15) is 4.79 Å². The first-order chi connectivity index (χ1) is 6.59. The molecule has 3 nitrogen and oxygen atoms in total. The molecule has 14 heavy (non-hydrogen) atoms. The summed E-state index contributed by atoms with van der Waals surface area (Å²) < 4.78 is 5.76. The van der Waals surface area contributed by atoms with Gasteiger partial charge < -0.3 is 9.84 Å². The predicted molar refractivity (Wildman–Crippen MR) is 54.2 cm³/mol. The van der Waals surface area contributed by atoms with Crippen LogP contribution in [0.2, 0.25) is 0 Å². The maximum Gasteiger partial charge on any atom is 0.303 e. The fourth-order valence-electron chi connectivity index (χ4n) is 1.65. The molecule has 1 aliphatic rings. The standard InChI is InChI=1S/C11H20O3/c1-8(4-3-5-11(12)13)14-9(2)10-6-7-10/h8-10H,3-7H2,1-2H3,(H,12,13)/t8-,9?/m1/s1. The molecule has 0 aliphatic heterocycles. The minimum Gasteiger partial charge on any atom is -0.481 e. The molecule has 1 rings (SSSR count). The summed E-state index contributed by atoms with van der Waals surface area (Å²) in [5, 5.41) is 8.47.